The quantitative estimate of drug-likeness (QED) is 0.390. The number of anilines is 1. The third-order valence-corrected chi connectivity index (χ3v) is 5.52. The molecule has 154 valence electrons. The molecule has 1 amide bonds. The van der Waals surface area contributed by atoms with E-state index in [2.05, 4.69) is 48.6 Å². The number of aryl methyl sites for hydroxylation is 1. The van der Waals surface area contributed by atoms with Gasteiger partial charge < -0.3 is 5.32 Å². The minimum Gasteiger partial charge on any atom is -0.326 e. The molecule has 0 bridgehead atoms. The Labute approximate surface area is 180 Å². The molecule has 0 fully saturated rings. The number of amides is 1. The summed E-state index contributed by atoms with van der Waals surface area (Å²) in [7, 11) is 0. The first-order valence-electron chi connectivity index (χ1n) is 10.4. The fraction of sp³-hybridized carbons (Fsp3) is 0.192. The number of hydrogen-bond acceptors (Lipinski definition) is 3. The Bertz CT molecular complexity index is 1460. The van der Waals surface area contributed by atoms with Gasteiger partial charge in [0.15, 0.2) is 5.65 Å². The topological polar surface area (TPSA) is 59.3 Å². The van der Waals surface area contributed by atoms with E-state index in [1.54, 1.807) is 0 Å². The van der Waals surface area contributed by atoms with E-state index in [-0.39, 0.29) is 5.91 Å². The molecule has 0 aliphatic rings. The molecule has 2 aromatic heterocycles. The molecule has 1 N–H and O–H groups in total. The first kappa shape index (κ1) is 19.2. The molecule has 5 heteroatoms. The number of nitrogens with one attached hydrogen (secondary N) is 1. The molecule has 0 spiro atoms. The first-order valence-corrected chi connectivity index (χ1v) is 10.4. The standard InChI is InChI=1S/C26H24N4O/c1-16-9-11-17(12-10-16)23-19-7-5-6-8-20(19)24-28-21-15-18(27-25(31)26(2,3)4)13-14-22(21)30(24)29-23/h5-15H,1-4H3,(H,27,31). The highest BCUT2D eigenvalue weighted by Gasteiger charge is 2.21. The molecular formula is C26H24N4O. The van der Waals surface area contributed by atoms with Gasteiger partial charge in [0.05, 0.1) is 16.7 Å². The second-order valence-electron chi connectivity index (χ2n) is 9.02. The van der Waals surface area contributed by atoms with Crippen molar-refractivity contribution >= 4 is 39.0 Å². The maximum absolute atomic E-state index is 12.4. The summed E-state index contributed by atoms with van der Waals surface area (Å²) in [5.74, 6) is -0.0270. The normalized spacial score (nSPS) is 12.0. The molecule has 0 saturated heterocycles. The summed E-state index contributed by atoms with van der Waals surface area (Å²) < 4.78 is 1.90. The second-order valence-corrected chi connectivity index (χ2v) is 9.02. The van der Waals surface area contributed by atoms with Gasteiger partial charge in [-0.05, 0) is 25.1 Å². The molecule has 0 unspecified atom stereocenters. The smallest absolute Gasteiger partial charge is 0.229 e. The van der Waals surface area contributed by atoms with E-state index in [1.165, 1.54) is 5.56 Å². The zero-order valence-corrected chi connectivity index (χ0v) is 18.1. The lowest BCUT2D eigenvalue weighted by Crippen LogP contribution is -2.27. The summed E-state index contributed by atoms with van der Waals surface area (Å²) >= 11 is 0. The number of aromatic nitrogens is 3. The monoisotopic (exact) mass is 408 g/mol. The van der Waals surface area contributed by atoms with Crippen LogP contribution in [0.25, 0.3) is 38.7 Å². The predicted octanol–water partition coefficient (Wildman–Crippen LogP) is 6.00. The molecule has 5 nitrogen and oxygen atoms in total. The highest BCUT2D eigenvalue weighted by molar-refractivity contribution is 6.04. The summed E-state index contributed by atoms with van der Waals surface area (Å²) in [4.78, 5) is 17.3. The summed E-state index contributed by atoms with van der Waals surface area (Å²) in [5.41, 5.74) is 5.99. The molecule has 5 aromatic rings. The van der Waals surface area contributed by atoms with Gasteiger partial charge >= 0.3 is 0 Å². The zero-order chi connectivity index (χ0) is 21.8. The molecule has 0 radical (unpaired) electrons. The van der Waals surface area contributed by atoms with Crippen LogP contribution in [0, 0.1) is 12.3 Å². The molecule has 0 saturated carbocycles. The number of benzene rings is 3. The van der Waals surface area contributed by atoms with Crippen molar-refractivity contribution in [2.75, 3.05) is 5.32 Å². The number of rotatable bonds is 2. The van der Waals surface area contributed by atoms with Gasteiger partial charge in [-0.3, -0.25) is 4.79 Å². The van der Waals surface area contributed by atoms with E-state index in [4.69, 9.17) is 10.1 Å². The number of fused-ring (bicyclic) bond motifs is 5. The Hall–Kier alpha value is -3.73. The predicted molar refractivity (Wildman–Crippen MR) is 126 cm³/mol. The van der Waals surface area contributed by atoms with Gasteiger partial charge in [-0.2, -0.15) is 5.10 Å². The van der Waals surface area contributed by atoms with Crippen molar-refractivity contribution in [2.24, 2.45) is 5.41 Å². The van der Waals surface area contributed by atoms with Gasteiger partial charge in [-0.15, -0.1) is 0 Å². The summed E-state index contributed by atoms with van der Waals surface area (Å²) in [6.45, 7) is 7.77. The fourth-order valence-electron chi connectivity index (χ4n) is 3.70. The lowest BCUT2D eigenvalue weighted by atomic mass is 9.95. The van der Waals surface area contributed by atoms with Crippen LogP contribution in [0.15, 0.2) is 66.7 Å². The average molecular weight is 409 g/mol. The second kappa shape index (κ2) is 6.91. The Morgan fingerprint density at radius 1 is 0.935 bits per heavy atom. The van der Waals surface area contributed by atoms with Gasteiger partial charge in [0.25, 0.3) is 0 Å². The molecule has 0 atom stereocenters. The van der Waals surface area contributed by atoms with Crippen LogP contribution in [0.1, 0.15) is 26.3 Å². The molecular weight excluding hydrogens is 384 g/mol. The van der Waals surface area contributed by atoms with Crippen molar-refractivity contribution in [1.29, 1.82) is 0 Å². The molecule has 2 heterocycles. The van der Waals surface area contributed by atoms with Crippen molar-refractivity contribution in [3.63, 3.8) is 0 Å². The largest absolute Gasteiger partial charge is 0.326 e. The minimum atomic E-state index is -0.464. The van der Waals surface area contributed by atoms with Gasteiger partial charge in [0.1, 0.15) is 0 Å². The maximum Gasteiger partial charge on any atom is 0.229 e. The highest BCUT2D eigenvalue weighted by Crippen LogP contribution is 2.31. The van der Waals surface area contributed by atoms with E-state index in [0.29, 0.717) is 0 Å². The van der Waals surface area contributed by atoms with Crippen LogP contribution < -0.4 is 5.32 Å². The SMILES string of the molecule is Cc1ccc(-c2nn3c4ccc(NC(=O)C(C)(C)C)cc4nc3c3ccccc23)cc1. The van der Waals surface area contributed by atoms with Crippen molar-refractivity contribution in [1.82, 2.24) is 14.6 Å². The van der Waals surface area contributed by atoms with E-state index in [9.17, 15) is 4.79 Å². The summed E-state index contributed by atoms with van der Waals surface area (Å²) in [5, 5.41) is 10.1. The van der Waals surface area contributed by atoms with Crippen LogP contribution in [0.5, 0.6) is 0 Å². The van der Waals surface area contributed by atoms with Crippen LogP contribution in [0.3, 0.4) is 0 Å². The lowest BCUT2D eigenvalue weighted by Gasteiger charge is -2.17. The van der Waals surface area contributed by atoms with Crippen LogP contribution in [0.4, 0.5) is 5.69 Å². The van der Waals surface area contributed by atoms with Crippen molar-refractivity contribution in [3.05, 3.63) is 72.3 Å². The molecule has 31 heavy (non-hydrogen) atoms. The summed E-state index contributed by atoms with van der Waals surface area (Å²) in [6.07, 6.45) is 0. The number of hydrogen-bond donors (Lipinski definition) is 1. The number of imidazole rings is 1. The Morgan fingerprint density at radius 3 is 2.35 bits per heavy atom. The van der Waals surface area contributed by atoms with E-state index in [1.807, 2.05) is 55.6 Å². The molecule has 3 aromatic carbocycles. The molecule has 0 aliphatic heterocycles. The maximum atomic E-state index is 12.4. The Balaban J connectivity index is 1.73. The number of carbonyl (C=O) groups excluding carboxylic acids is 1. The highest BCUT2D eigenvalue weighted by atomic mass is 16.2. The van der Waals surface area contributed by atoms with Gasteiger partial charge in [-0.1, -0.05) is 74.9 Å². The van der Waals surface area contributed by atoms with Crippen LogP contribution in [-0.4, -0.2) is 20.5 Å². The van der Waals surface area contributed by atoms with Gasteiger partial charge in [0, 0.05) is 27.4 Å². The minimum absolute atomic E-state index is 0.0270. The van der Waals surface area contributed by atoms with Crippen LogP contribution >= 0.6 is 0 Å². The third-order valence-electron chi connectivity index (χ3n) is 5.52. The summed E-state index contributed by atoms with van der Waals surface area (Å²) in [6, 6.07) is 22.4. The van der Waals surface area contributed by atoms with Crippen molar-refractivity contribution in [2.45, 2.75) is 27.7 Å². The lowest BCUT2D eigenvalue weighted by molar-refractivity contribution is -0.123. The average Bonchev–Trinajstić information content (AvgIpc) is 3.11. The van der Waals surface area contributed by atoms with E-state index >= 15 is 0 Å². The third kappa shape index (κ3) is 3.32. The van der Waals surface area contributed by atoms with Crippen LogP contribution in [0.2, 0.25) is 0 Å². The van der Waals surface area contributed by atoms with E-state index in [0.717, 1.165) is 44.4 Å². The van der Waals surface area contributed by atoms with Crippen molar-refractivity contribution in [3.8, 4) is 11.3 Å². The van der Waals surface area contributed by atoms with E-state index < -0.39 is 5.41 Å². The van der Waals surface area contributed by atoms with Crippen molar-refractivity contribution < 1.29 is 4.79 Å². The van der Waals surface area contributed by atoms with Gasteiger partial charge in [-0.25, -0.2) is 9.50 Å². The Morgan fingerprint density at radius 2 is 1.65 bits per heavy atom. The molecule has 5 rings (SSSR count). The fourth-order valence-corrected chi connectivity index (χ4v) is 3.70. The Kier molecular flexibility index (Phi) is 4.29. The van der Waals surface area contributed by atoms with Gasteiger partial charge in [0.2, 0.25) is 5.91 Å². The zero-order valence-electron chi connectivity index (χ0n) is 18.1. The van der Waals surface area contributed by atoms with Crippen LogP contribution in [-0.2, 0) is 4.79 Å². The number of carbonyl (C=O) groups is 1. The molecule has 0 aliphatic carbocycles. The number of nitrogens with zero attached hydrogens (tertiary/aromatic N) is 3. The first-order chi connectivity index (χ1) is 14.8.